The van der Waals surface area contributed by atoms with Crippen molar-refractivity contribution in [2.75, 3.05) is 57.4 Å². The lowest BCUT2D eigenvalue weighted by atomic mass is 9.57. The van der Waals surface area contributed by atoms with E-state index in [9.17, 15) is 14.7 Å². The molecule has 2 amide bonds. The first-order chi connectivity index (χ1) is 42.6. The number of carbonyl (C=O) groups excluding carboxylic acids is 2. The highest BCUT2D eigenvalue weighted by Crippen LogP contribution is 2.62. The highest BCUT2D eigenvalue weighted by Gasteiger charge is 2.72. The highest BCUT2D eigenvalue weighted by atomic mass is 32.1. The van der Waals surface area contributed by atoms with Crippen LogP contribution >= 0.6 is 34.0 Å². The number of aliphatic hydroxyl groups excluding tert-OH is 1. The third-order valence-corrected chi connectivity index (χ3v) is 22.8. The van der Waals surface area contributed by atoms with Gasteiger partial charge in [-0.3, -0.25) is 19.7 Å². The van der Waals surface area contributed by atoms with Gasteiger partial charge in [-0.2, -0.15) is 15.1 Å². The van der Waals surface area contributed by atoms with Crippen molar-refractivity contribution in [2.45, 2.75) is 121 Å². The maximum Gasteiger partial charge on any atom is 0.319 e. The van der Waals surface area contributed by atoms with Crippen molar-refractivity contribution in [2.24, 2.45) is 22.7 Å². The number of carbonyl (C=O) groups is 2. The van der Waals surface area contributed by atoms with Gasteiger partial charge in [0.15, 0.2) is 5.76 Å². The lowest BCUT2D eigenvalue weighted by molar-refractivity contribution is -0.141. The predicted molar refractivity (Wildman–Crippen MR) is 336 cm³/mol. The summed E-state index contributed by atoms with van der Waals surface area (Å²) in [5.74, 6) is 0.291. The van der Waals surface area contributed by atoms with Crippen LogP contribution in [-0.2, 0) is 16.1 Å². The molecule has 6 aliphatic rings. The number of aromatic nitrogens is 7. The number of hydrogen-bond acceptors (Lipinski definition) is 18. The SMILES string of the molecule is C#Cc1csc2cc3[nH]ncc3c(-c3nccc4c3sc3nc(OC[C@]5(CN6CCC7(CC6)CC(CCOc6cc(C(C(=O)N8C[C@H](O)C[C@H]8C(=O)NCc8ccc(-c9scnc9C)cc8)C(C)C)on6)C7)CC5(F)F)nc(N5CC6CCC(C5)N6)c34)c12. The fourth-order valence-electron chi connectivity index (χ4n) is 15.0. The number of thiophene rings is 2. The molecule has 4 saturated heterocycles. The quantitative estimate of drug-likeness (QED) is 0.0589. The summed E-state index contributed by atoms with van der Waals surface area (Å²) in [6, 6.07) is 13.6. The number of fused-ring (bicyclic) bond motifs is 7. The van der Waals surface area contributed by atoms with Crippen molar-refractivity contribution >= 4 is 92.9 Å². The second-order valence-corrected chi connectivity index (χ2v) is 28.7. The number of piperazine rings is 1. The van der Waals surface area contributed by atoms with Crippen molar-refractivity contribution in [3.63, 3.8) is 0 Å². The number of terminal acetylenes is 1. The molecule has 4 N–H and O–H groups in total. The van der Waals surface area contributed by atoms with E-state index in [1.807, 2.05) is 74.4 Å². The summed E-state index contributed by atoms with van der Waals surface area (Å²) in [6.07, 6.45) is 15.8. The summed E-state index contributed by atoms with van der Waals surface area (Å²) >= 11 is 4.69. The van der Waals surface area contributed by atoms with E-state index in [-0.39, 0.29) is 68.2 Å². The number of anilines is 1. The summed E-state index contributed by atoms with van der Waals surface area (Å²) in [6.45, 7) is 9.62. The first-order valence-corrected chi connectivity index (χ1v) is 33.2. The number of nitrogens with one attached hydrogen (secondary N) is 3. The van der Waals surface area contributed by atoms with E-state index in [1.165, 1.54) is 16.2 Å². The Balaban J connectivity index is 0.563. The summed E-state index contributed by atoms with van der Waals surface area (Å²) in [5.41, 5.74) is 6.97. The molecule has 4 aliphatic heterocycles. The zero-order valence-corrected chi connectivity index (χ0v) is 51.6. The van der Waals surface area contributed by atoms with Crippen molar-refractivity contribution in [3.05, 3.63) is 88.3 Å². The van der Waals surface area contributed by atoms with Crippen molar-refractivity contribution in [1.82, 2.24) is 55.7 Å². The number of aromatic amines is 1. The third-order valence-electron chi connectivity index (χ3n) is 19.8. The number of halogens is 2. The number of aliphatic hydroxyl groups is 1. The average Bonchev–Trinajstić information content (AvgIpc) is 2.33. The molecular formula is C65H68F2N12O6S3. The van der Waals surface area contributed by atoms with Gasteiger partial charge in [-0.1, -0.05) is 44.0 Å². The Morgan fingerprint density at radius 2 is 1.80 bits per heavy atom. The first-order valence-electron chi connectivity index (χ1n) is 30.6. The molecule has 456 valence electrons. The van der Waals surface area contributed by atoms with Crippen LogP contribution in [0.3, 0.4) is 0 Å². The fourth-order valence-corrected chi connectivity index (χ4v) is 17.9. The average molecular weight is 1250 g/mol. The Kier molecular flexibility index (Phi) is 14.6. The molecule has 2 aliphatic carbocycles. The molecule has 1 spiro atoms. The van der Waals surface area contributed by atoms with Crippen LogP contribution < -0.4 is 25.0 Å². The smallest absolute Gasteiger partial charge is 0.319 e. The molecule has 2 saturated carbocycles. The number of benzene rings is 2. The van der Waals surface area contributed by atoms with Gasteiger partial charge in [-0.25, -0.2) is 13.8 Å². The zero-order chi connectivity index (χ0) is 60.2. The number of amides is 2. The minimum atomic E-state index is -2.88. The van der Waals surface area contributed by atoms with Crippen LogP contribution in [0.2, 0.25) is 0 Å². The molecule has 11 heterocycles. The molecule has 6 fully saturated rings. The number of alkyl halides is 2. The van der Waals surface area contributed by atoms with Crippen LogP contribution in [0.1, 0.15) is 100 Å². The first kappa shape index (κ1) is 57.3. The molecule has 9 aromatic rings. The van der Waals surface area contributed by atoms with E-state index < -0.39 is 29.4 Å². The third kappa shape index (κ3) is 10.3. The van der Waals surface area contributed by atoms with Crippen molar-refractivity contribution < 1.29 is 37.5 Å². The number of β-amino-alcohol motifs (C(OH)–C–C–N with tert-alkyl or cyclic N) is 1. The molecule has 88 heavy (non-hydrogen) atoms. The molecular weight excluding hydrogens is 1180 g/mol. The van der Waals surface area contributed by atoms with Crippen LogP contribution in [0.25, 0.3) is 63.0 Å². The Morgan fingerprint density at radius 1 is 1.00 bits per heavy atom. The van der Waals surface area contributed by atoms with E-state index in [1.54, 1.807) is 28.7 Å². The van der Waals surface area contributed by atoms with Gasteiger partial charge in [0.1, 0.15) is 29.2 Å². The minimum Gasteiger partial charge on any atom is -0.475 e. The molecule has 18 nitrogen and oxygen atoms in total. The molecule has 2 bridgehead atoms. The Hall–Kier alpha value is -7.20. The van der Waals surface area contributed by atoms with E-state index in [4.69, 9.17) is 35.4 Å². The number of likely N-dealkylation sites (tertiary alicyclic amines) is 2. The van der Waals surface area contributed by atoms with Crippen LogP contribution in [0.5, 0.6) is 11.9 Å². The van der Waals surface area contributed by atoms with Gasteiger partial charge in [0.25, 0.3) is 11.8 Å². The number of nitrogens with zero attached hydrogens (tertiary/aromatic N) is 9. The van der Waals surface area contributed by atoms with E-state index >= 15 is 8.78 Å². The number of aryl methyl sites for hydroxylation is 1. The number of pyridine rings is 1. The monoisotopic (exact) mass is 1250 g/mol. The maximum absolute atomic E-state index is 15.8. The lowest BCUT2D eigenvalue weighted by Gasteiger charge is -2.52. The minimum absolute atomic E-state index is 0.0387. The lowest BCUT2D eigenvalue weighted by Crippen LogP contribution is -2.51. The molecule has 2 aromatic carbocycles. The van der Waals surface area contributed by atoms with Gasteiger partial charge >= 0.3 is 6.01 Å². The summed E-state index contributed by atoms with van der Waals surface area (Å²) in [5, 5.41) is 34.9. The Bertz CT molecular complexity index is 4180. The topological polar surface area (TPSA) is 213 Å². The molecule has 15 rings (SSSR count). The summed E-state index contributed by atoms with van der Waals surface area (Å²) in [4.78, 5) is 55.2. The molecule has 3 unspecified atom stereocenters. The molecule has 0 radical (unpaired) electrons. The second kappa shape index (κ2) is 22.4. The van der Waals surface area contributed by atoms with Gasteiger partial charge in [-0.05, 0) is 111 Å². The van der Waals surface area contributed by atoms with Crippen molar-refractivity contribution in [1.29, 1.82) is 0 Å². The van der Waals surface area contributed by atoms with Gasteiger partial charge in [-0.15, -0.1) is 40.4 Å². The number of piperidine rings is 1. The van der Waals surface area contributed by atoms with Crippen LogP contribution in [-0.4, -0.2) is 145 Å². The maximum atomic E-state index is 15.8. The predicted octanol–water partition coefficient (Wildman–Crippen LogP) is 10.7. The highest BCUT2D eigenvalue weighted by molar-refractivity contribution is 7.26. The second-order valence-electron chi connectivity index (χ2n) is 25.9. The Labute approximate surface area is 518 Å². The van der Waals surface area contributed by atoms with Crippen LogP contribution in [0, 0.1) is 41.9 Å². The zero-order valence-electron chi connectivity index (χ0n) is 49.2. The number of H-pyrrole nitrogens is 1. The van der Waals surface area contributed by atoms with Gasteiger partial charge in [0.2, 0.25) is 11.8 Å². The standard InChI is InChI=1S/C65H68F2N12O6S3/c1-5-39-30-86-49-21-46-45(26-71-75-46)53(52(39)49)55-57-44(12-16-68-55)54-58(78-27-41-10-11-42(28-78)72-41)73-62(74-60(54)88-57)84-33-64(31-65(64,66)67)32-77-17-14-63(15-18-77)23-38(24-63)13-19-83-50-22-48(85-76-50)51(35(2)3)61(82)79-29-43(80)20-47(79)59(81)69-25-37-6-8-40(9-7-37)56-36(4)70-34-87-56/h1,6-9,12,16,21-22,26,30,34-35,38,41-43,47,51,72,80H,10-11,13-15,17-20,23-25,27-29,31-33H2,2-4H3,(H,69,81)(H,71,75)/t41?,42?,43-,47+,51?,64-/m1/s1. The number of rotatable bonds is 18. The largest absolute Gasteiger partial charge is 0.475 e. The summed E-state index contributed by atoms with van der Waals surface area (Å²) in [7, 11) is 0. The van der Waals surface area contributed by atoms with Gasteiger partial charge in [0.05, 0.1) is 61.7 Å². The number of ether oxygens (including phenoxy) is 2. The van der Waals surface area contributed by atoms with Crippen LogP contribution in [0.15, 0.2) is 70.3 Å². The van der Waals surface area contributed by atoms with E-state index in [0.717, 1.165) is 152 Å². The van der Waals surface area contributed by atoms with Crippen LogP contribution in [0.4, 0.5) is 14.6 Å². The Morgan fingerprint density at radius 3 is 2.53 bits per heavy atom. The van der Waals surface area contributed by atoms with Gasteiger partial charge < -0.3 is 44.4 Å². The van der Waals surface area contributed by atoms with Gasteiger partial charge in [0, 0.05) is 107 Å². The van der Waals surface area contributed by atoms with E-state index in [0.29, 0.717) is 41.1 Å². The number of hydrogen-bond donors (Lipinski definition) is 4. The normalized spacial score (nSPS) is 23.6. The summed E-state index contributed by atoms with van der Waals surface area (Å²) < 4.78 is 51.9. The molecule has 7 aromatic heterocycles. The molecule has 23 heteroatoms. The van der Waals surface area contributed by atoms with E-state index in [2.05, 4.69) is 52.8 Å². The molecule has 6 atom stereocenters. The fraction of sp³-hybridized carbons (Fsp3) is 0.477. The van der Waals surface area contributed by atoms with Crippen molar-refractivity contribution in [3.8, 4) is 45.9 Å². The number of thiazole rings is 1.